The van der Waals surface area contributed by atoms with E-state index in [-0.39, 0.29) is 34.2 Å². The number of carbonyl (C=O) groups excluding carboxylic acids is 2. The Hall–Kier alpha value is -1.21. The van der Waals surface area contributed by atoms with Gasteiger partial charge in [-0.15, -0.1) is 0 Å². The fourth-order valence-electron chi connectivity index (χ4n) is 8.36. The minimum Gasteiger partial charge on any atom is -0.357 e. The highest BCUT2D eigenvalue weighted by Crippen LogP contribution is 2.73. The van der Waals surface area contributed by atoms with Crippen LogP contribution in [-0.2, 0) is 14.3 Å². The number of nitriles is 1. The number of fused-ring (bicyclic) bond motifs is 4. The van der Waals surface area contributed by atoms with Crippen molar-refractivity contribution in [2.24, 2.45) is 40.4 Å². The molecule has 1 aliphatic heterocycles. The lowest BCUT2D eigenvalue weighted by atomic mass is 9.43. The van der Waals surface area contributed by atoms with Gasteiger partial charge < -0.3 is 4.74 Å². The van der Waals surface area contributed by atoms with E-state index in [4.69, 9.17) is 4.74 Å². The number of rotatable bonds is 1. The normalized spacial score (nSPS) is 57.2. The maximum absolute atomic E-state index is 12.5. The van der Waals surface area contributed by atoms with Crippen molar-refractivity contribution in [2.75, 3.05) is 0 Å². The molecular weight excluding hydrogens is 326 g/mol. The van der Waals surface area contributed by atoms with Crippen LogP contribution in [0.3, 0.4) is 0 Å². The second-order valence-electron chi connectivity index (χ2n) is 10.3. The topological polar surface area (TPSA) is 70.5 Å². The summed E-state index contributed by atoms with van der Waals surface area (Å²) in [6.07, 6.45) is 6.83. The smallest absolute Gasteiger partial charge is 0.181 e. The summed E-state index contributed by atoms with van der Waals surface area (Å²) in [5.41, 5.74) is -0.202. The monoisotopic (exact) mass is 355 g/mol. The first-order chi connectivity index (χ1) is 12.3. The van der Waals surface area contributed by atoms with Crippen molar-refractivity contribution < 1.29 is 14.3 Å². The van der Waals surface area contributed by atoms with Gasteiger partial charge in [-0.05, 0) is 75.0 Å². The Labute approximate surface area is 155 Å². The largest absolute Gasteiger partial charge is 0.357 e. The number of hydrogen-bond donors (Lipinski definition) is 0. The van der Waals surface area contributed by atoms with Crippen molar-refractivity contribution in [1.82, 2.24) is 0 Å². The molecule has 0 bridgehead atoms. The molecule has 1 heterocycles. The molecule has 4 nitrogen and oxygen atoms in total. The lowest BCUT2D eigenvalue weighted by Gasteiger charge is -2.59. The summed E-state index contributed by atoms with van der Waals surface area (Å²) in [5, 5.41) is 9.52. The molecule has 0 N–H and O–H groups in total. The third-order valence-electron chi connectivity index (χ3n) is 9.64. The van der Waals surface area contributed by atoms with Gasteiger partial charge in [-0.3, -0.25) is 9.59 Å². The molecule has 0 amide bonds. The highest BCUT2D eigenvalue weighted by atomic mass is 16.6. The number of epoxide rings is 1. The Bertz CT molecular complexity index is 740. The van der Waals surface area contributed by atoms with Crippen LogP contribution in [0.1, 0.15) is 65.7 Å². The van der Waals surface area contributed by atoms with Gasteiger partial charge in [-0.2, -0.15) is 5.26 Å². The number of Topliss-reactive ketones (excluding diaryl/α,β-unsaturated/α-hetero) is 2. The Morgan fingerprint density at radius 3 is 2.62 bits per heavy atom. The van der Waals surface area contributed by atoms with Crippen LogP contribution in [0.5, 0.6) is 0 Å². The van der Waals surface area contributed by atoms with Gasteiger partial charge in [0.2, 0.25) is 0 Å². The number of hydrogen-bond acceptors (Lipinski definition) is 4. The molecule has 1 spiro atoms. The average Bonchev–Trinajstić information content (AvgIpc) is 3.23. The Kier molecular flexibility index (Phi) is 3.24. The van der Waals surface area contributed by atoms with Crippen LogP contribution in [0.2, 0.25) is 0 Å². The van der Waals surface area contributed by atoms with Crippen LogP contribution in [0.15, 0.2) is 0 Å². The SMILES string of the molecule is CC(=O)[C@H]1CC[C@H]2[C@@H]3CCC45OC4C(=O)C(C#N)C[C@]5(C)[C@H]3CC[C@]12C. The molecule has 0 radical (unpaired) electrons. The van der Waals surface area contributed by atoms with Crippen molar-refractivity contribution in [3.8, 4) is 6.07 Å². The number of carbonyl (C=O) groups is 2. The van der Waals surface area contributed by atoms with Gasteiger partial charge in [0.05, 0.1) is 6.07 Å². The van der Waals surface area contributed by atoms with E-state index in [1.807, 2.05) is 0 Å². The summed E-state index contributed by atoms with van der Waals surface area (Å²) in [4.78, 5) is 24.8. The van der Waals surface area contributed by atoms with Crippen molar-refractivity contribution in [3.05, 3.63) is 0 Å². The standard InChI is InChI=1S/C22H29NO3/c1-12(24)15-4-5-16-14-6-9-22-19(26-22)18(25)13(11-23)10-21(22,3)17(14)7-8-20(15,16)2/h13-17,19H,4-10H2,1-3H3/t13?,14-,15+,16-,17-,19?,20+,21+,22?/m0/s1. The van der Waals surface area contributed by atoms with Gasteiger partial charge in [0, 0.05) is 11.3 Å². The highest BCUT2D eigenvalue weighted by Gasteiger charge is 2.78. The van der Waals surface area contributed by atoms with Crippen molar-refractivity contribution in [2.45, 2.75) is 77.4 Å². The van der Waals surface area contributed by atoms with Crippen LogP contribution in [-0.4, -0.2) is 23.3 Å². The van der Waals surface area contributed by atoms with E-state index < -0.39 is 5.92 Å². The van der Waals surface area contributed by atoms with E-state index >= 15 is 0 Å². The molecule has 5 fully saturated rings. The molecule has 4 heteroatoms. The summed E-state index contributed by atoms with van der Waals surface area (Å²) < 4.78 is 6.11. The van der Waals surface area contributed by atoms with Gasteiger partial charge in [0.25, 0.3) is 0 Å². The van der Waals surface area contributed by atoms with Gasteiger partial charge >= 0.3 is 0 Å². The first-order valence-corrected chi connectivity index (χ1v) is 10.4. The van der Waals surface area contributed by atoms with E-state index in [1.165, 1.54) is 0 Å². The number of ether oxygens (including phenoxy) is 1. The van der Waals surface area contributed by atoms with Crippen LogP contribution < -0.4 is 0 Å². The van der Waals surface area contributed by atoms with E-state index in [2.05, 4.69) is 19.9 Å². The Morgan fingerprint density at radius 2 is 1.92 bits per heavy atom. The third kappa shape index (κ3) is 1.74. The average molecular weight is 355 g/mol. The zero-order valence-corrected chi connectivity index (χ0v) is 16.1. The number of ketones is 2. The first kappa shape index (κ1) is 16.9. The molecule has 5 rings (SSSR count). The molecule has 1 saturated heterocycles. The van der Waals surface area contributed by atoms with Crippen molar-refractivity contribution in [1.29, 1.82) is 5.26 Å². The molecule has 5 aliphatic rings. The second kappa shape index (κ2) is 4.98. The molecule has 0 aromatic rings. The van der Waals surface area contributed by atoms with Crippen LogP contribution in [0.4, 0.5) is 0 Å². The first-order valence-electron chi connectivity index (χ1n) is 10.4. The molecule has 0 aromatic carbocycles. The quantitative estimate of drug-likeness (QED) is 0.673. The third-order valence-corrected chi connectivity index (χ3v) is 9.64. The zero-order valence-electron chi connectivity index (χ0n) is 16.1. The summed E-state index contributed by atoms with van der Waals surface area (Å²) in [5.74, 6) is 1.87. The predicted molar refractivity (Wildman–Crippen MR) is 94.9 cm³/mol. The maximum atomic E-state index is 12.5. The Balaban J connectivity index is 1.50. The zero-order chi connectivity index (χ0) is 18.5. The summed E-state index contributed by atoms with van der Waals surface area (Å²) in [7, 11) is 0. The number of nitrogens with zero attached hydrogens (tertiary/aromatic N) is 1. The minimum atomic E-state index is -0.499. The molecule has 4 aliphatic carbocycles. The lowest BCUT2D eigenvalue weighted by Crippen LogP contribution is -2.59. The van der Waals surface area contributed by atoms with Gasteiger partial charge in [-0.1, -0.05) is 13.8 Å². The van der Waals surface area contributed by atoms with E-state index in [9.17, 15) is 14.9 Å². The van der Waals surface area contributed by atoms with Crippen molar-refractivity contribution in [3.63, 3.8) is 0 Å². The molecule has 9 atom stereocenters. The predicted octanol–water partition coefficient (Wildman–Crippen LogP) is 3.68. The molecule has 0 aromatic heterocycles. The van der Waals surface area contributed by atoms with Gasteiger partial charge in [0.1, 0.15) is 23.4 Å². The lowest BCUT2D eigenvalue weighted by molar-refractivity contribution is -0.140. The van der Waals surface area contributed by atoms with Gasteiger partial charge in [-0.25, -0.2) is 0 Å². The molecular formula is C22H29NO3. The van der Waals surface area contributed by atoms with E-state index in [1.54, 1.807) is 6.92 Å². The van der Waals surface area contributed by atoms with Crippen LogP contribution in [0.25, 0.3) is 0 Å². The molecule has 3 unspecified atom stereocenters. The van der Waals surface area contributed by atoms with E-state index in [0.29, 0.717) is 30.0 Å². The second-order valence-corrected chi connectivity index (χ2v) is 10.3. The fourth-order valence-corrected chi connectivity index (χ4v) is 8.36. The summed E-state index contributed by atoms with van der Waals surface area (Å²) >= 11 is 0. The highest BCUT2D eigenvalue weighted by molar-refractivity contribution is 5.92. The Morgan fingerprint density at radius 1 is 1.15 bits per heavy atom. The molecule has 4 saturated carbocycles. The van der Waals surface area contributed by atoms with Crippen LogP contribution >= 0.6 is 0 Å². The fraction of sp³-hybridized carbons (Fsp3) is 0.864. The van der Waals surface area contributed by atoms with E-state index in [0.717, 1.165) is 38.5 Å². The van der Waals surface area contributed by atoms with Crippen molar-refractivity contribution >= 4 is 11.6 Å². The molecule has 140 valence electrons. The summed E-state index contributed by atoms with van der Waals surface area (Å²) in [6.45, 7) is 6.44. The summed E-state index contributed by atoms with van der Waals surface area (Å²) in [6, 6.07) is 2.26. The minimum absolute atomic E-state index is 0.0292. The molecule has 26 heavy (non-hydrogen) atoms. The maximum Gasteiger partial charge on any atom is 0.181 e. The van der Waals surface area contributed by atoms with Crippen LogP contribution in [0, 0.1) is 51.8 Å². The van der Waals surface area contributed by atoms with Gasteiger partial charge in [0.15, 0.2) is 5.78 Å².